The summed E-state index contributed by atoms with van der Waals surface area (Å²) < 4.78 is 37.2. The molecule has 20 heavy (non-hydrogen) atoms. The molecule has 0 aliphatic heterocycles. The maximum Gasteiger partial charge on any atom is 0.417 e. The lowest BCUT2D eigenvalue weighted by atomic mass is 10.2. The first kappa shape index (κ1) is 15.0. The number of rotatable bonds is 3. The van der Waals surface area contributed by atoms with Crippen molar-refractivity contribution in [3.8, 4) is 0 Å². The molecule has 0 radical (unpaired) electrons. The van der Waals surface area contributed by atoms with Crippen molar-refractivity contribution in [2.45, 2.75) is 17.0 Å². The van der Waals surface area contributed by atoms with Gasteiger partial charge in [-0.1, -0.05) is 17.7 Å². The standard InChI is InChI=1S/C13H10ClF3N2S/c14-10-3-1-8(11(18)5-10)7-20-12-4-2-9(6-19-12)13(15,16)17/h1-6H,7,18H2. The Bertz CT molecular complexity index is 600. The molecule has 106 valence electrons. The second kappa shape index (κ2) is 5.93. The molecule has 2 aromatic rings. The van der Waals surface area contributed by atoms with Gasteiger partial charge in [-0.3, -0.25) is 0 Å². The molecule has 1 aromatic heterocycles. The van der Waals surface area contributed by atoms with Gasteiger partial charge >= 0.3 is 6.18 Å². The summed E-state index contributed by atoms with van der Waals surface area (Å²) in [6.07, 6.45) is -3.54. The fourth-order valence-electron chi connectivity index (χ4n) is 1.48. The van der Waals surface area contributed by atoms with Gasteiger partial charge in [-0.2, -0.15) is 13.2 Å². The molecule has 0 amide bonds. The molecule has 0 bridgehead atoms. The minimum absolute atomic E-state index is 0.507. The van der Waals surface area contributed by atoms with Crippen LogP contribution in [0.1, 0.15) is 11.1 Å². The van der Waals surface area contributed by atoms with Crippen LogP contribution in [-0.4, -0.2) is 4.98 Å². The summed E-state index contributed by atoms with van der Waals surface area (Å²) >= 11 is 7.10. The summed E-state index contributed by atoms with van der Waals surface area (Å²) in [5.74, 6) is 0.515. The Balaban J connectivity index is 2.04. The number of hydrogen-bond acceptors (Lipinski definition) is 3. The maximum atomic E-state index is 12.4. The number of benzene rings is 1. The predicted molar refractivity (Wildman–Crippen MR) is 74.7 cm³/mol. The average molecular weight is 319 g/mol. The molecule has 2 nitrogen and oxygen atoms in total. The van der Waals surface area contributed by atoms with Crippen molar-refractivity contribution in [1.29, 1.82) is 0 Å². The van der Waals surface area contributed by atoms with E-state index in [1.165, 1.54) is 17.8 Å². The van der Waals surface area contributed by atoms with Crippen LogP contribution in [0.5, 0.6) is 0 Å². The monoisotopic (exact) mass is 318 g/mol. The molecule has 0 saturated carbocycles. The summed E-state index contributed by atoms with van der Waals surface area (Å²) in [7, 11) is 0. The van der Waals surface area contributed by atoms with Gasteiger partial charge in [-0.05, 0) is 29.8 Å². The van der Waals surface area contributed by atoms with E-state index in [1.807, 2.05) is 0 Å². The van der Waals surface area contributed by atoms with Gasteiger partial charge in [-0.25, -0.2) is 4.98 Å². The van der Waals surface area contributed by atoms with Crippen LogP contribution in [0.25, 0.3) is 0 Å². The van der Waals surface area contributed by atoms with Crippen molar-refractivity contribution < 1.29 is 13.2 Å². The number of pyridine rings is 1. The highest BCUT2D eigenvalue weighted by Crippen LogP contribution is 2.31. The van der Waals surface area contributed by atoms with E-state index in [1.54, 1.807) is 18.2 Å². The van der Waals surface area contributed by atoms with E-state index in [0.717, 1.165) is 17.8 Å². The summed E-state index contributed by atoms with van der Waals surface area (Å²) in [5.41, 5.74) is 6.46. The van der Waals surface area contributed by atoms with Crippen molar-refractivity contribution >= 4 is 29.1 Å². The van der Waals surface area contributed by atoms with E-state index in [2.05, 4.69) is 4.98 Å². The topological polar surface area (TPSA) is 38.9 Å². The first-order chi connectivity index (χ1) is 9.36. The quantitative estimate of drug-likeness (QED) is 0.662. The third-order valence-corrected chi connectivity index (χ3v) is 3.77. The summed E-state index contributed by atoms with van der Waals surface area (Å²) in [5, 5.41) is 1.05. The van der Waals surface area contributed by atoms with Crippen molar-refractivity contribution in [2.75, 3.05) is 5.73 Å². The zero-order valence-corrected chi connectivity index (χ0v) is 11.7. The third-order valence-electron chi connectivity index (χ3n) is 2.55. The largest absolute Gasteiger partial charge is 0.417 e. The molecule has 1 aromatic carbocycles. The summed E-state index contributed by atoms with van der Waals surface area (Å²) in [6, 6.07) is 7.50. The van der Waals surface area contributed by atoms with Gasteiger partial charge in [0.2, 0.25) is 0 Å². The minimum atomic E-state index is -4.36. The Morgan fingerprint density at radius 1 is 1.20 bits per heavy atom. The number of nitrogen functional groups attached to an aromatic ring is 1. The molecular weight excluding hydrogens is 309 g/mol. The van der Waals surface area contributed by atoms with Crippen LogP contribution in [0.2, 0.25) is 5.02 Å². The molecule has 0 spiro atoms. The normalized spacial score (nSPS) is 11.6. The molecule has 0 aliphatic rings. The first-order valence-corrected chi connectivity index (χ1v) is 6.92. The first-order valence-electron chi connectivity index (χ1n) is 5.56. The van der Waals surface area contributed by atoms with Crippen molar-refractivity contribution in [3.05, 3.63) is 52.7 Å². The Morgan fingerprint density at radius 2 is 1.95 bits per heavy atom. The fourth-order valence-corrected chi connectivity index (χ4v) is 2.52. The highest BCUT2D eigenvalue weighted by Gasteiger charge is 2.30. The molecular formula is C13H10ClF3N2S. The van der Waals surface area contributed by atoms with E-state index in [0.29, 0.717) is 21.5 Å². The molecule has 0 unspecified atom stereocenters. The van der Waals surface area contributed by atoms with Crippen LogP contribution < -0.4 is 5.73 Å². The Kier molecular flexibility index (Phi) is 4.45. The van der Waals surface area contributed by atoms with Crippen LogP contribution in [0, 0.1) is 0 Å². The van der Waals surface area contributed by atoms with Crippen LogP contribution in [0.3, 0.4) is 0 Å². The molecule has 2 rings (SSSR count). The van der Waals surface area contributed by atoms with Crippen LogP contribution in [-0.2, 0) is 11.9 Å². The van der Waals surface area contributed by atoms with E-state index in [-0.39, 0.29) is 0 Å². The van der Waals surface area contributed by atoms with Crippen molar-refractivity contribution in [2.24, 2.45) is 0 Å². The zero-order chi connectivity index (χ0) is 14.8. The third kappa shape index (κ3) is 3.80. The van der Waals surface area contributed by atoms with Gasteiger partial charge in [0, 0.05) is 22.7 Å². The van der Waals surface area contributed by atoms with E-state index < -0.39 is 11.7 Å². The smallest absolute Gasteiger partial charge is 0.398 e. The number of anilines is 1. The van der Waals surface area contributed by atoms with E-state index in [9.17, 15) is 13.2 Å². The van der Waals surface area contributed by atoms with Crippen molar-refractivity contribution in [1.82, 2.24) is 4.98 Å². The van der Waals surface area contributed by atoms with Gasteiger partial charge < -0.3 is 5.73 Å². The van der Waals surface area contributed by atoms with Crippen LogP contribution >= 0.6 is 23.4 Å². The molecule has 0 fully saturated rings. The van der Waals surface area contributed by atoms with Gasteiger partial charge in [0.25, 0.3) is 0 Å². The Labute approximate surface area is 123 Å². The fraction of sp³-hybridized carbons (Fsp3) is 0.154. The second-order valence-electron chi connectivity index (χ2n) is 4.01. The maximum absolute atomic E-state index is 12.4. The van der Waals surface area contributed by atoms with E-state index >= 15 is 0 Å². The van der Waals surface area contributed by atoms with Gasteiger partial charge in [0.15, 0.2) is 0 Å². The zero-order valence-electron chi connectivity index (χ0n) is 10.1. The van der Waals surface area contributed by atoms with Gasteiger partial charge in [-0.15, -0.1) is 11.8 Å². The Morgan fingerprint density at radius 3 is 2.50 bits per heavy atom. The second-order valence-corrected chi connectivity index (χ2v) is 5.45. The van der Waals surface area contributed by atoms with Gasteiger partial charge in [0.1, 0.15) is 0 Å². The molecule has 7 heteroatoms. The molecule has 0 atom stereocenters. The molecule has 0 saturated heterocycles. The van der Waals surface area contributed by atoms with Gasteiger partial charge in [0.05, 0.1) is 10.6 Å². The predicted octanol–water partition coefficient (Wildman–Crippen LogP) is 4.63. The van der Waals surface area contributed by atoms with Crippen LogP contribution in [0.15, 0.2) is 41.6 Å². The lowest BCUT2D eigenvalue weighted by Crippen LogP contribution is -2.05. The number of alkyl halides is 3. The highest BCUT2D eigenvalue weighted by molar-refractivity contribution is 7.98. The minimum Gasteiger partial charge on any atom is -0.398 e. The lowest BCUT2D eigenvalue weighted by Gasteiger charge is -2.08. The number of hydrogen-bond donors (Lipinski definition) is 1. The number of nitrogens with two attached hydrogens (primary N) is 1. The molecule has 1 heterocycles. The summed E-state index contributed by atoms with van der Waals surface area (Å²) in [4.78, 5) is 3.78. The average Bonchev–Trinajstić information content (AvgIpc) is 2.37. The summed E-state index contributed by atoms with van der Waals surface area (Å²) in [6.45, 7) is 0. The number of halogens is 4. The number of aromatic nitrogens is 1. The SMILES string of the molecule is Nc1cc(Cl)ccc1CSc1ccc(C(F)(F)F)cn1. The molecule has 0 aliphatic carbocycles. The Hall–Kier alpha value is -1.40. The lowest BCUT2D eigenvalue weighted by molar-refractivity contribution is -0.137. The van der Waals surface area contributed by atoms with Crippen LogP contribution in [0.4, 0.5) is 18.9 Å². The number of nitrogens with zero attached hydrogens (tertiary/aromatic N) is 1. The molecule has 2 N–H and O–H groups in total. The number of thioether (sulfide) groups is 1. The highest BCUT2D eigenvalue weighted by atomic mass is 35.5. The van der Waals surface area contributed by atoms with E-state index in [4.69, 9.17) is 17.3 Å². The van der Waals surface area contributed by atoms with Crippen molar-refractivity contribution in [3.63, 3.8) is 0 Å².